The molecule has 0 atom stereocenters. The van der Waals surface area contributed by atoms with Gasteiger partial charge in [0.15, 0.2) is 0 Å². The Hall–Kier alpha value is -2.76. The lowest BCUT2D eigenvalue weighted by atomic mass is 10.1. The number of nitrogens with one attached hydrogen (secondary N) is 2. The van der Waals surface area contributed by atoms with E-state index in [1.807, 2.05) is 41.2 Å². The van der Waals surface area contributed by atoms with Gasteiger partial charge in [-0.2, -0.15) is 0 Å². The SMILES string of the molecule is CCOC(=O)NNC(=O)c1ccccc1-n1cccc1. The summed E-state index contributed by atoms with van der Waals surface area (Å²) in [4.78, 5) is 23.2. The number of nitrogens with zero attached hydrogens (tertiary/aromatic N) is 1. The first kappa shape index (κ1) is 13.7. The first-order chi connectivity index (χ1) is 9.72. The lowest BCUT2D eigenvalue weighted by Crippen LogP contribution is -2.42. The fourth-order valence-corrected chi connectivity index (χ4v) is 1.73. The molecule has 0 spiro atoms. The van der Waals surface area contributed by atoms with Gasteiger partial charge in [0, 0.05) is 12.4 Å². The average molecular weight is 273 g/mol. The van der Waals surface area contributed by atoms with E-state index in [1.165, 1.54) is 0 Å². The van der Waals surface area contributed by atoms with Crippen LogP contribution in [0, 0.1) is 0 Å². The van der Waals surface area contributed by atoms with Gasteiger partial charge in [-0.1, -0.05) is 12.1 Å². The molecule has 20 heavy (non-hydrogen) atoms. The second-order valence-corrected chi connectivity index (χ2v) is 3.91. The van der Waals surface area contributed by atoms with Crippen molar-refractivity contribution in [2.24, 2.45) is 0 Å². The molecule has 2 aromatic rings. The number of carbonyl (C=O) groups excluding carboxylic acids is 2. The van der Waals surface area contributed by atoms with Crippen LogP contribution in [0.3, 0.4) is 0 Å². The Kier molecular flexibility index (Phi) is 4.39. The molecule has 0 saturated carbocycles. The van der Waals surface area contributed by atoms with Crippen LogP contribution in [0.25, 0.3) is 5.69 Å². The maximum Gasteiger partial charge on any atom is 0.426 e. The molecule has 0 aliphatic carbocycles. The molecule has 1 heterocycles. The van der Waals surface area contributed by atoms with Crippen LogP contribution in [0.4, 0.5) is 4.79 Å². The number of ether oxygens (including phenoxy) is 1. The smallest absolute Gasteiger partial charge is 0.426 e. The van der Waals surface area contributed by atoms with E-state index >= 15 is 0 Å². The monoisotopic (exact) mass is 273 g/mol. The quantitative estimate of drug-likeness (QED) is 0.838. The molecule has 0 bridgehead atoms. The van der Waals surface area contributed by atoms with Crippen molar-refractivity contribution < 1.29 is 14.3 Å². The number of benzene rings is 1. The summed E-state index contributed by atoms with van der Waals surface area (Å²) < 4.78 is 6.48. The summed E-state index contributed by atoms with van der Waals surface area (Å²) in [6.07, 6.45) is 2.98. The minimum Gasteiger partial charge on any atom is -0.449 e. The Labute approximate surface area is 116 Å². The van der Waals surface area contributed by atoms with Gasteiger partial charge in [0.1, 0.15) is 0 Å². The standard InChI is InChI=1S/C14H15N3O3/c1-2-20-14(19)16-15-13(18)11-7-3-4-8-12(11)17-9-5-6-10-17/h3-10H,2H2,1H3,(H,15,18)(H,16,19). The van der Waals surface area contributed by atoms with Crippen LogP contribution in [-0.2, 0) is 4.74 Å². The van der Waals surface area contributed by atoms with Crippen molar-refractivity contribution in [3.63, 3.8) is 0 Å². The Morgan fingerprint density at radius 1 is 1.10 bits per heavy atom. The molecule has 2 N–H and O–H groups in total. The number of hydrogen-bond acceptors (Lipinski definition) is 3. The number of hydrogen-bond donors (Lipinski definition) is 2. The highest BCUT2D eigenvalue weighted by molar-refractivity contribution is 5.98. The first-order valence-corrected chi connectivity index (χ1v) is 6.18. The van der Waals surface area contributed by atoms with Crippen LogP contribution in [0.5, 0.6) is 0 Å². The average Bonchev–Trinajstić information content (AvgIpc) is 2.99. The molecule has 0 aliphatic rings. The van der Waals surface area contributed by atoms with Crippen molar-refractivity contribution in [2.75, 3.05) is 6.61 Å². The molecule has 6 nitrogen and oxygen atoms in total. The van der Waals surface area contributed by atoms with Gasteiger partial charge in [-0.25, -0.2) is 10.2 Å². The molecule has 0 unspecified atom stereocenters. The number of para-hydroxylation sites is 1. The van der Waals surface area contributed by atoms with Crippen molar-refractivity contribution in [3.8, 4) is 5.69 Å². The van der Waals surface area contributed by atoms with Gasteiger partial charge in [-0.15, -0.1) is 0 Å². The van der Waals surface area contributed by atoms with E-state index < -0.39 is 12.0 Å². The Bertz CT molecular complexity index is 593. The van der Waals surface area contributed by atoms with Gasteiger partial charge in [-0.3, -0.25) is 10.2 Å². The minimum absolute atomic E-state index is 0.238. The predicted molar refractivity (Wildman–Crippen MR) is 73.4 cm³/mol. The third-order valence-corrected chi connectivity index (χ3v) is 2.58. The van der Waals surface area contributed by atoms with E-state index in [0.29, 0.717) is 5.56 Å². The van der Waals surface area contributed by atoms with Crippen molar-refractivity contribution in [1.29, 1.82) is 0 Å². The molecule has 0 fully saturated rings. The summed E-state index contributed by atoms with van der Waals surface area (Å²) in [7, 11) is 0. The topological polar surface area (TPSA) is 72.4 Å². The fourth-order valence-electron chi connectivity index (χ4n) is 1.73. The number of carbonyl (C=O) groups is 2. The number of amides is 2. The van der Waals surface area contributed by atoms with Gasteiger partial charge in [-0.05, 0) is 31.2 Å². The zero-order chi connectivity index (χ0) is 14.4. The van der Waals surface area contributed by atoms with Crippen molar-refractivity contribution in [2.45, 2.75) is 6.92 Å². The van der Waals surface area contributed by atoms with Crippen molar-refractivity contribution in [1.82, 2.24) is 15.4 Å². The van der Waals surface area contributed by atoms with Crippen molar-refractivity contribution in [3.05, 3.63) is 54.4 Å². The molecular formula is C14H15N3O3. The number of hydrazine groups is 1. The number of rotatable bonds is 3. The lowest BCUT2D eigenvalue weighted by molar-refractivity contribution is 0.0912. The van der Waals surface area contributed by atoms with E-state index in [2.05, 4.69) is 15.6 Å². The maximum atomic E-state index is 12.1. The summed E-state index contributed by atoms with van der Waals surface area (Å²) in [5.74, 6) is -0.414. The third kappa shape index (κ3) is 3.17. The molecule has 6 heteroatoms. The summed E-state index contributed by atoms with van der Waals surface area (Å²) in [6, 6.07) is 10.8. The fraction of sp³-hybridized carbons (Fsp3) is 0.143. The van der Waals surface area contributed by atoms with Crippen LogP contribution >= 0.6 is 0 Å². The van der Waals surface area contributed by atoms with Gasteiger partial charge in [0.05, 0.1) is 17.9 Å². The molecular weight excluding hydrogens is 258 g/mol. The summed E-state index contributed by atoms with van der Waals surface area (Å²) in [6.45, 7) is 1.92. The Balaban J connectivity index is 2.13. The molecule has 1 aromatic carbocycles. The van der Waals surface area contributed by atoms with Crippen LogP contribution in [0.15, 0.2) is 48.8 Å². The summed E-state index contributed by atoms with van der Waals surface area (Å²) >= 11 is 0. The highest BCUT2D eigenvalue weighted by atomic mass is 16.5. The van der Waals surface area contributed by atoms with E-state index in [-0.39, 0.29) is 6.61 Å². The van der Waals surface area contributed by atoms with Gasteiger partial charge in [0.2, 0.25) is 0 Å². The zero-order valence-corrected chi connectivity index (χ0v) is 11.0. The van der Waals surface area contributed by atoms with E-state index in [1.54, 1.807) is 19.1 Å². The first-order valence-electron chi connectivity index (χ1n) is 6.18. The summed E-state index contributed by atoms with van der Waals surface area (Å²) in [5, 5.41) is 0. The van der Waals surface area contributed by atoms with Crippen LogP contribution < -0.4 is 10.9 Å². The second kappa shape index (κ2) is 6.42. The lowest BCUT2D eigenvalue weighted by Gasteiger charge is -2.11. The zero-order valence-electron chi connectivity index (χ0n) is 11.0. The van der Waals surface area contributed by atoms with Crippen LogP contribution in [0.2, 0.25) is 0 Å². The largest absolute Gasteiger partial charge is 0.449 e. The molecule has 1 aromatic heterocycles. The minimum atomic E-state index is -0.695. The normalized spacial score (nSPS) is 9.85. The molecule has 104 valence electrons. The van der Waals surface area contributed by atoms with Gasteiger partial charge < -0.3 is 9.30 Å². The van der Waals surface area contributed by atoms with E-state index in [9.17, 15) is 9.59 Å². The highest BCUT2D eigenvalue weighted by Gasteiger charge is 2.12. The van der Waals surface area contributed by atoms with E-state index in [0.717, 1.165) is 5.69 Å². The van der Waals surface area contributed by atoms with Crippen molar-refractivity contribution >= 4 is 12.0 Å². The number of aromatic nitrogens is 1. The van der Waals surface area contributed by atoms with Gasteiger partial charge in [0.25, 0.3) is 5.91 Å². The predicted octanol–water partition coefficient (Wildman–Crippen LogP) is 1.87. The Morgan fingerprint density at radius 2 is 1.80 bits per heavy atom. The second-order valence-electron chi connectivity index (χ2n) is 3.91. The molecule has 2 amide bonds. The molecule has 0 saturated heterocycles. The van der Waals surface area contributed by atoms with Crippen LogP contribution in [-0.4, -0.2) is 23.2 Å². The molecule has 0 radical (unpaired) electrons. The highest BCUT2D eigenvalue weighted by Crippen LogP contribution is 2.14. The molecule has 0 aliphatic heterocycles. The van der Waals surface area contributed by atoms with Gasteiger partial charge >= 0.3 is 6.09 Å². The molecule has 2 rings (SSSR count). The summed E-state index contributed by atoms with van der Waals surface area (Å²) in [5.41, 5.74) is 5.66. The Morgan fingerprint density at radius 3 is 2.50 bits per heavy atom. The van der Waals surface area contributed by atoms with Crippen LogP contribution in [0.1, 0.15) is 17.3 Å². The van der Waals surface area contributed by atoms with E-state index in [4.69, 9.17) is 0 Å². The third-order valence-electron chi connectivity index (χ3n) is 2.58. The maximum absolute atomic E-state index is 12.1.